The molecule has 0 aliphatic heterocycles. The van der Waals surface area contributed by atoms with Crippen molar-refractivity contribution in [3.63, 3.8) is 0 Å². The van der Waals surface area contributed by atoms with Gasteiger partial charge in [0.05, 0.1) is 19.3 Å². The van der Waals surface area contributed by atoms with Crippen molar-refractivity contribution in [2.45, 2.75) is 12.3 Å². The fourth-order valence-corrected chi connectivity index (χ4v) is 1.97. The van der Waals surface area contributed by atoms with Gasteiger partial charge in [-0.2, -0.15) is 8.78 Å². The first-order valence-corrected chi connectivity index (χ1v) is 7.00. The summed E-state index contributed by atoms with van der Waals surface area (Å²) in [5, 5.41) is 0. The lowest BCUT2D eigenvalue weighted by molar-refractivity contribution is -0.161. The minimum Gasteiger partial charge on any atom is -0.464 e. The molecular formula is C14H13F2IO4. The Balaban J connectivity index is 2.49. The van der Waals surface area contributed by atoms with Gasteiger partial charge in [-0.05, 0) is 38.3 Å². The van der Waals surface area contributed by atoms with Crippen molar-refractivity contribution in [3.8, 4) is 0 Å². The van der Waals surface area contributed by atoms with Gasteiger partial charge in [0.2, 0.25) is 0 Å². The predicted octanol–water partition coefficient (Wildman–Crippen LogP) is 3.36. The van der Waals surface area contributed by atoms with E-state index in [2.05, 4.69) is 4.74 Å². The Morgan fingerprint density at radius 3 is 2.48 bits per heavy atom. The van der Waals surface area contributed by atoms with Crippen LogP contribution in [0.3, 0.4) is 0 Å². The first-order valence-electron chi connectivity index (χ1n) is 5.92. The van der Waals surface area contributed by atoms with Crippen molar-refractivity contribution >= 4 is 34.5 Å². The summed E-state index contributed by atoms with van der Waals surface area (Å²) in [5.74, 6) is -5.84. The number of esters is 2. The second-order valence-electron chi connectivity index (χ2n) is 3.96. The first kappa shape index (κ1) is 17.5. The van der Waals surface area contributed by atoms with E-state index in [-0.39, 0.29) is 16.6 Å². The van der Waals surface area contributed by atoms with Crippen LogP contribution in [-0.2, 0) is 14.3 Å². The fourth-order valence-electron chi connectivity index (χ4n) is 1.36. The molecule has 0 bridgehead atoms. The second-order valence-corrected chi connectivity index (χ2v) is 5.34. The Morgan fingerprint density at radius 1 is 1.29 bits per heavy atom. The molecule has 1 rings (SSSR count). The van der Waals surface area contributed by atoms with Crippen molar-refractivity contribution in [1.29, 1.82) is 0 Å². The summed E-state index contributed by atoms with van der Waals surface area (Å²) in [4.78, 5) is 22.4. The lowest BCUT2D eigenvalue weighted by Crippen LogP contribution is -2.27. The summed E-state index contributed by atoms with van der Waals surface area (Å²) in [6.45, 7) is -0.0558. The molecule has 0 aliphatic carbocycles. The molecule has 0 amide bonds. The zero-order valence-electron chi connectivity index (χ0n) is 11.1. The molecule has 0 heterocycles. The zero-order valence-corrected chi connectivity index (χ0v) is 13.3. The van der Waals surface area contributed by atoms with Crippen LogP contribution in [-0.4, -0.2) is 31.6 Å². The van der Waals surface area contributed by atoms with Gasteiger partial charge in [-0.3, -0.25) is 0 Å². The summed E-state index contributed by atoms with van der Waals surface area (Å²) in [6, 6.07) is 8.33. The van der Waals surface area contributed by atoms with Gasteiger partial charge in [0.25, 0.3) is 0 Å². The lowest BCUT2D eigenvalue weighted by Gasteiger charge is -2.10. The number of alkyl halides is 2. The van der Waals surface area contributed by atoms with E-state index in [1.54, 1.807) is 52.9 Å². The maximum atomic E-state index is 13.3. The number of carbonyl (C=O) groups is 2. The molecular weight excluding hydrogens is 397 g/mol. The van der Waals surface area contributed by atoms with Gasteiger partial charge in [-0.15, -0.1) is 0 Å². The van der Waals surface area contributed by atoms with E-state index in [9.17, 15) is 18.4 Å². The summed E-state index contributed by atoms with van der Waals surface area (Å²) < 4.78 is 35.7. The summed E-state index contributed by atoms with van der Waals surface area (Å²) in [5.41, 5.74) is 0.386. The first-order chi connectivity index (χ1) is 9.86. The third-order valence-corrected chi connectivity index (χ3v) is 3.23. The molecule has 0 saturated carbocycles. The number of carbonyl (C=O) groups excluding carboxylic acids is 2. The van der Waals surface area contributed by atoms with Gasteiger partial charge >= 0.3 is 17.9 Å². The van der Waals surface area contributed by atoms with E-state index in [1.807, 2.05) is 0 Å². The van der Waals surface area contributed by atoms with E-state index in [0.29, 0.717) is 11.6 Å². The molecule has 0 aliphatic rings. The third-order valence-electron chi connectivity index (χ3n) is 2.38. The predicted molar refractivity (Wildman–Crippen MR) is 80.4 cm³/mol. The average Bonchev–Trinajstić information content (AvgIpc) is 2.46. The highest BCUT2D eigenvalue weighted by Gasteiger charge is 2.37. The molecule has 0 atom stereocenters. The van der Waals surface area contributed by atoms with Crippen molar-refractivity contribution in [3.05, 3.63) is 45.6 Å². The van der Waals surface area contributed by atoms with Crippen LogP contribution in [0, 0.1) is 0 Å². The Hall–Kier alpha value is -1.51. The number of hydrogen-bond donors (Lipinski definition) is 0. The lowest BCUT2D eigenvalue weighted by atomic mass is 10.2. The Labute approximate surface area is 134 Å². The molecule has 7 heteroatoms. The van der Waals surface area contributed by atoms with Crippen molar-refractivity contribution in [2.75, 3.05) is 13.7 Å². The summed E-state index contributed by atoms with van der Waals surface area (Å²) >= 11 is 1.66. The van der Waals surface area contributed by atoms with Crippen molar-refractivity contribution < 1.29 is 27.8 Å². The molecule has 0 aromatic heterocycles. The van der Waals surface area contributed by atoms with Crippen LogP contribution in [0.5, 0.6) is 0 Å². The SMILES string of the molecule is COC(=O)C(F)(F)C=C(I)CCOC(=O)c1ccccc1. The Bertz CT molecular complexity index is 529. The molecule has 1 aromatic rings. The van der Waals surface area contributed by atoms with Gasteiger partial charge in [0, 0.05) is 12.5 Å². The van der Waals surface area contributed by atoms with Crippen LogP contribution >= 0.6 is 22.6 Å². The Morgan fingerprint density at radius 2 is 1.90 bits per heavy atom. The maximum absolute atomic E-state index is 13.3. The molecule has 0 spiro atoms. The topological polar surface area (TPSA) is 52.6 Å². The molecule has 0 unspecified atom stereocenters. The average molecular weight is 410 g/mol. The van der Waals surface area contributed by atoms with Crippen LogP contribution in [0.15, 0.2) is 40.0 Å². The van der Waals surface area contributed by atoms with E-state index in [0.717, 1.165) is 7.11 Å². The van der Waals surface area contributed by atoms with E-state index in [4.69, 9.17) is 4.74 Å². The smallest absolute Gasteiger partial charge is 0.381 e. The molecule has 1 aromatic carbocycles. The Kier molecular flexibility index (Phi) is 6.73. The van der Waals surface area contributed by atoms with E-state index < -0.39 is 17.9 Å². The highest BCUT2D eigenvalue weighted by atomic mass is 127. The van der Waals surface area contributed by atoms with Gasteiger partial charge < -0.3 is 9.47 Å². The minimum atomic E-state index is -3.69. The van der Waals surface area contributed by atoms with Crippen molar-refractivity contribution in [2.24, 2.45) is 0 Å². The fraction of sp³-hybridized carbons (Fsp3) is 0.286. The van der Waals surface area contributed by atoms with Gasteiger partial charge in [0.1, 0.15) is 0 Å². The molecule has 0 N–H and O–H groups in total. The number of hydrogen-bond acceptors (Lipinski definition) is 4. The van der Waals surface area contributed by atoms with Crippen LogP contribution < -0.4 is 0 Å². The third kappa shape index (κ3) is 5.78. The normalized spacial score (nSPS) is 11.9. The quantitative estimate of drug-likeness (QED) is 0.533. The molecule has 0 saturated heterocycles. The van der Waals surface area contributed by atoms with Crippen LogP contribution in [0.1, 0.15) is 16.8 Å². The largest absolute Gasteiger partial charge is 0.464 e. The highest BCUT2D eigenvalue weighted by molar-refractivity contribution is 14.1. The van der Waals surface area contributed by atoms with Gasteiger partial charge in [-0.25, -0.2) is 9.59 Å². The van der Waals surface area contributed by atoms with Crippen molar-refractivity contribution in [1.82, 2.24) is 0 Å². The number of halogens is 3. The zero-order chi connectivity index (χ0) is 15.9. The summed E-state index contributed by atoms with van der Waals surface area (Å²) in [6.07, 6.45) is 0.585. The number of ether oxygens (including phenoxy) is 2. The van der Waals surface area contributed by atoms with Gasteiger partial charge in [0.15, 0.2) is 0 Å². The molecule has 21 heavy (non-hydrogen) atoms. The van der Waals surface area contributed by atoms with E-state index in [1.165, 1.54) is 0 Å². The monoisotopic (exact) mass is 410 g/mol. The molecule has 4 nitrogen and oxygen atoms in total. The maximum Gasteiger partial charge on any atom is 0.381 e. The highest BCUT2D eigenvalue weighted by Crippen LogP contribution is 2.23. The molecule has 0 fully saturated rings. The van der Waals surface area contributed by atoms with Crippen LogP contribution in [0.2, 0.25) is 0 Å². The number of methoxy groups -OCH3 is 1. The standard InChI is InChI=1S/C14H13F2IO4/c1-20-13(19)14(15,16)9-11(17)7-8-21-12(18)10-5-3-2-4-6-10/h2-6,9H,7-8H2,1H3. The molecule has 0 radical (unpaired) electrons. The number of benzene rings is 1. The summed E-state index contributed by atoms with van der Waals surface area (Å²) in [7, 11) is 0.887. The van der Waals surface area contributed by atoms with Gasteiger partial charge in [-0.1, -0.05) is 18.2 Å². The van der Waals surface area contributed by atoms with Crippen LogP contribution in [0.4, 0.5) is 8.78 Å². The van der Waals surface area contributed by atoms with E-state index >= 15 is 0 Å². The van der Waals surface area contributed by atoms with Crippen LogP contribution in [0.25, 0.3) is 0 Å². The molecule has 114 valence electrons. The second kappa shape index (κ2) is 8.06. The minimum absolute atomic E-state index is 0.0558. The number of rotatable bonds is 6.